The Morgan fingerprint density at radius 2 is 2.06 bits per heavy atom. The number of anilines is 2. The Hall–Kier alpha value is -1.55. The van der Waals surface area contributed by atoms with Crippen LogP contribution in [0.1, 0.15) is 24.5 Å². The number of hydrogen-bond acceptors (Lipinski definition) is 3. The number of benzene rings is 1. The molecule has 1 aromatic rings. The molecule has 1 amide bonds. The summed E-state index contributed by atoms with van der Waals surface area (Å²) in [7, 11) is 0. The van der Waals surface area contributed by atoms with Gasteiger partial charge < -0.3 is 15.8 Å². The van der Waals surface area contributed by atoms with Crippen molar-refractivity contribution in [3.8, 4) is 0 Å². The zero-order valence-electron chi connectivity index (χ0n) is 10.7. The fraction of sp³-hybridized carbons (Fsp3) is 0.462. The summed E-state index contributed by atoms with van der Waals surface area (Å²) in [6.07, 6.45) is 0.362. The Balaban J connectivity index is 2.62. The van der Waals surface area contributed by atoms with Gasteiger partial charge in [0, 0.05) is 18.0 Å². The van der Waals surface area contributed by atoms with Gasteiger partial charge in [0.15, 0.2) is 0 Å². The lowest BCUT2D eigenvalue weighted by Gasteiger charge is -2.11. The first-order valence-electron chi connectivity index (χ1n) is 5.79. The van der Waals surface area contributed by atoms with Gasteiger partial charge in [0.2, 0.25) is 5.91 Å². The molecule has 0 aliphatic heterocycles. The minimum absolute atomic E-state index is 0.0511. The van der Waals surface area contributed by atoms with E-state index in [1.165, 1.54) is 0 Å². The van der Waals surface area contributed by atoms with Crippen LogP contribution in [0.5, 0.6) is 0 Å². The smallest absolute Gasteiger partial charge is 0.226 e. The highest BCUT2D eigenvalue weighted by atomic mass is 16.5. The van der Waals surface area contributed by atoms with Crippen LogP contribution in [0, 0.1) is 13.8 Å². The van der Waals surface area contributed by atoms with Crippen LogP contribution in [0.4, 0.5) is 11.4 Å². The second-order valence-corrected chi connectivity index (χ2v) is 4.02. The van der Waals surface area contributed by atoms with Crippen molar-refractivity contribution in [3.05, 3.63) is 23.3 Å². The van der Waals surface area contributed by atoms with E-state index < -0.39 is 0 Å². The second-order valence-electron chi connectivity index (χ2n) is 4.02. The molecular weight excluding hydrogens is 216 g/mol. The number of amides is 1. The Bertz CT molecular complexity index is 403. The second kappa shape index (κ2) is 6.25. The average Bonchev–Trinajstić information content (AvgIpc) is 2.26. The molecule has 17 heavy (non-hydrogen) atoms. The molecule has 0 saturated heterocycles. The van der Waals surface area contributed by atoms with Crippen molar-refractivity contribution in [2.24, 2.45) is 0 Å². The van der Waals surface area contributed by atoms with E-state index >= 15 is 0 Å². The zero-order valence-corrected chi connectivity index (χ0v) is 10.7. The lowest BCUT2D eigenvalue weighted by molar-refractivity contribution is -0.117. The maximum Gasteiger partial charge on any atom is 0.226 e. The van der Waals surface area contributed by atoms with Crippen LogP contribution in [0.2, 0.25) is 0 Å². The zero-order chi connectivity index (χ0) is 12.8. The van der Waals surface area contributed by atoms with E-state index in [9.17, 15) is 4.79 Å². The summed E-state index contributed by atoms with van der Waals surface area (Å²) < 4.78 is 5.13. The molecule has 0 aliphatic rings. The summed E-state index contributed by atoms with van der Waals surface area (Å²) >= 11 is 0. The quantitative estimate of drug-likeness (QED) is 0.608. The fourth-order valence-electron chi connectivity index (χ4n) is 1.53. The van der Waals surface area contributed by atoms with Gasteiger partial charge in [-0.05, 0) is 38.0 Å². The van der Waals surface area contributed by atoms with Crippen molar-refractivity contribution < 1.29 is 9.53 Å². The normalized spacial score (nSPS) is 10.3. The van der Waals surface area contributed by atoms with Crippen molar-refractivity contribution in [1.82, 2.24) is 0 Å². The molecule has 1 aromatic carbocycles. The lowest BCUT2D eigenvalue weighted by Crippen LogP contribution is -2.15. The van der Waals surface area contributed by atoms with Crippen LogP contribution >= 0.6 is 0 Å². The molecule has 3 N–H and O–H groups in total. The summed E-state index contributed by atoms with van der Waals surface area (Å²) in [5.41, 5.74) is 9.31. The lowest BCUT2D eigenvalue weighted by atomic mass is 10.1. The van der Waals surface area contributed by atoms with E-state index in [1.54, 1.807) is 6.07 Å². The molecule has 0 saturated carbocycles. The summed E-state index contributed by atoms with van der Waals surface area (Å²) in [5.74, 6) is -0.0511. The SMILES string of the molecule is CCOCCC(=O)Nc1cc(N)c(C)cc1C. The number of nitrogens with two attached hydrogens (primary N) is 1. The van der Waals surface area contributed by atoms with E-state index in [-0.39, 0.29) is 5.91 Å². The average molecular weight is 236 g/mol. The molecule has 0 atom stereocenters. The van der Waals surface area contributed by atoms with E-state index in [0.29, 0.717) is 25.3 Å². The van der Waals surface area contributed by atoms with Gasteiger partial charge >= 0.3 is 0 Å². The van der Waals surface area contributed by atoms with Gasteiger partial charge in [-0.2, -0.15) is 0 Å². The van der Waals surface area contributed by atoms with Crippen molar-refractivity contribution in [3.63, 3.8) is 0 Å². The minimum Gasteiger partial charge on any atom is -0.398 e. The van der Waals surface area contributed by atoms with Gasteiger partial charge in [0.05, 0.1) is 13.0 Å². The number of nitrogens with one attached hydrogen (secondary N) is 1. The molecular formula is C13H20N2O2. The topological polar surface area (TPSA) is 64.3 Å². The first-order valence-corrected chi connectivity index (χ1v) is 5.79. The standard InChI is InChI=1S/C13H20N2O2/c1-4-17-6-5-13(16)15-12-8-11(14)9(2)7-10(12)3/h7-8H,4-6,14H2,1-3H3,(H,15,16). The van der Waals surface area contributed by atoms with Crippen molar-refractivity contribution in [2.45, 2.75) is 27.2 Å². The van der Waals surface area contributed by atoms with Crippen molar-refractivity contribution in [1.29, 1.82) is 0 Å². The number of carbonyl (C=O) groups is 1. The van der Waals surface area contributed by atoms with Crippen molar-refractivity contribution in [2.75, 3.05) is 24.3 Å². The molecule has 0 fully saturated rings. The summed E-state index contributed by atoms with van der Waals surface area (Å²) in [5, 5.41) is 2.84. The summed E-state index contributed by atoms with van der Waals surface area (Å²) in [4.78, 5) is 11.6. The first-order chi connectivity index (χ1) is 8.04. The predicted octanol–water partition coefficient (Wildman–Crippen LogP) is 2.25. The third-order valence-corrected chi connectivity index (χ3v) is 2.56. The molecule has 0 aromatic heterocycles. The Morgan fingerprint density at radius 1 is 1.35 bits per heavy atom. The van der Waals surface area contributed by atoms with Crippen LogP contribution in [-0.4, -0.2) is 19.1 Å². The molecule has 0 aliphatic carbocycles. The molecule has 0 bridgehead atoms. The third kappa shape index (κ3) is 4.07. The van der Waals surface area contributed by atoms with Crippen molar-refractivity contribution >= 4 is 17.3 Å². The van der Waals surface area contributed by atoms with Gasteiger partial charge in [-0.25, -0.2) is 0 Å². The largest absolute Gasteiger partial charge is 0.398 e. The van der Waals surface area contributed by atoms with Crippen LogP contribution in [0.25, 0.3) is 0 Å². The first kappa shape index (κ1) is 13.5. The number of aryl methyl sites for hydroxylation is 2. The monoisotopic (exact) mass is 236 g/mol. The highest BCUT2D eigenvalue weighted by Gasteiger charge is 2.06. The third-order valence-electron chi connectivity index (χ3n) is 2.56. The number of hydrogen-bond donors (Lipinski definition) is 2. The predicted molar refractivity (Wildman–Crippen MR) is 70.1 cm³/mol. The summed E-state index contributed by atoms with van der Waals surface area (Å²) in [6.45, 7) is 6.88. The number of nitrogen functional groups attached to an aromatic ring is 1. The fourth-order valence-corrected chi connectivity index (χ4v) is 1.53. The molecule has 4 heteroatoms. The molecule has 94 valence electrons. The Kier molecular flexibility index (Phi) is 4.97. The van der Waals surface area contributed by atoms with Crippen LogP contribution in [-0.2, 0) is 9.53 Å². The highest BCUT2D eigenvalue weighted by molar-refractivity contribution is 5.92. The molecule has 1 rings (SSSR count). The van der Waals surface area contributed by atoms with E-state index in [2.05, 4.69) is 5.32 Å². The molecule has 0 spiro atoms. The van der Waals surface area contributed by atoms with E-state index in [4.69, 9.17) is 10.5 Å². The number of ether oxygens (including phenoxy) is 1. The van der Waals surface area contributed by atoms with Gasteiger partial charge in [-0.3, -0.25) is 4.79 Å². The molecule has 4 nitrogen and oxygen atoms in total. The molecule has 0 radical (unpaired) electrons. The summed E-state index contributed by atoms with van der Waals surface area (Å²) in [6, 6.07) is 3.76. The maximum atomic E-state index is 11.6. The molecule has 0 unspecified atom stereocenters. The highest BCUT2D eigenvalue weighted by Crippen LogP contribution is 2.22. The van der Waals surface area contributed by atoms with Gasteiger partial charge in [0.1, 0.15) is 0 Å². The molecule has 0 heterocycles. The van der Waals surface area contributed by atoms with Gasteiger partial charge in [0.25, 0.3) is 0 Å². The van der Waals surface area contributed by atoms with E-state index in [0.717, 1.165) is 16.8 Å². The number of rotatable bonds is 5. The van der Waals surface area contributed by atoms with Gasteiger partial charge in [-0.1, -0.05) is 6.07 Å². The van der Waals surface area contributed by atoms with Crippen LogP contribution < -0.4 is 11.1 Å². The van der Waals surface area contributed by atoms with E-state index in [1.807, 2.05) is 26.8 Å². The number of carbonyl (C=O) groups excluding carboxylic acids is 1. The Labute approximate surface area is 102 Å². The van der Waals surface area contributed by atoms with Crippen LogP contribution in [0.3, 0.4) is 0 Å². The maximum absolute atomic E-state index is 11.6. The van der Waals surface area contributed by atoms with Crippen LogP contribution in [0.15, 0.2) is 12.1 Å². The van der Waals surface area contributed by atoms with Gasteiger partial charge in [-0.15, -0.1) is 0 Å². The minimum atomic E-state index is -0.0511. The Morgan fingerprint density at radius 3 is 2.71 bits per heavy atom.